The van der Waals surface area contributed by atoms with Gasteiger partial charge in [-0.3, -0.25) is 10.1 Å². The summed E-state index contributed by atoms with van der Waals surface area (Å²) in [7, 11) is 0. The van der Waals surface area contributed by atoms with Crippen LogP contribution in [0.5, 0.6) is 5.75 Å². The van der Waals surface area contributed by atoms with E-state index in [-0.39, 0.29) is 5.69 Å². The lowest BCUT2D eigenvalue weighted by Crippen LogP contribution is -2.04. The van der Waals surface area contributed by atoms with Crippen molar-refractivity contribution in [2.45, 2.75) is 19.2 Å². The van der Waals surface area contributed by atoms with Crippen molar-refractivity contribution < 1.29 is 9.66 Å². The maximum Gasteiger partial charge on any atom is 0.269 e. The number of hydrogen-bond donors (Lipinski definition) is 0. The van der Waals surface area contributed by atoms with Crippen LogP contribution in [0.2, 0.25) is 0 Å². The van der Waals surface area contributed by atoms with Gasteiger partial charge in [-0.2, -0.15) is 0 Å². The average Bonchev–Trinajstić information content (AvgIpc) is 2.49. The van der Waals surface area contributed by atoms with Crippen LogP contribution in [0.4, 0.5) is 5.69 Å². The maximum absolute atomic E-state index is 10.6. The molecule has 0 N–H and O–H groups in total. The number of rotatable bonds is 6. The molecule has 0 heterocycles. The Morgan fingerprint density at radius 3 is 2.52 bits per heavy atom. The van der Waals surface area contributed by atoms with E-state index in [1.807, 2.05) is 25.1 Å². The molecule has 0 aliphatic carbocycles. The number of non-ortho nitro benzene ring substituents is 1. The quantitative estimate of drug-likeness (QED) is 0.455. The van der Waals surface area contributed by atoms with Crippen LogP contribution < -0.4 is 4.74 Å². The van der Waals surface area contributed by atoms with Crippen molar-refractivity contribution in [3.63, 3.8) is 0 Å². The molecule has 0 amide bonds. The lowest BCUT2D eigenvalue weighted by molar-refractivity contribution is -0.384. The summed E-state index contributed by atoms with van der Waals surface area (Å²) in [5.74, 6) is 1.24. The van der Waals surface area contributed by atoms with Gasteiger partial charge in [0.1, 0.15) is 5.75 Å². The number of benzene rings is 2. The number of nitro benzene ring substituents is 1. The van der Waals surface area contributed by atoms with Crippen molar-refractivity contribution in [3.05, 3.63) is 69.3 Å². The Morgan fingerprint density at radius 1 is 1.19 bits per heavy atom. The van der Waals surface area contributed by atoms with Gasteiger partial charge in [-0.25, -0.2) is 0 Å². The van der Waals surface area contributed by atoms with Crippen molar-refractivity contribution in [1.82, 2.24) is 0 Å². The highest BCUT2D eigenvalue weighted by Crippen LogP contribution is 2.25. The SMILES string of the molecule is Cc1cccc(CCl)c1OCCc1ccc([N+](=O)[O-])cc1. The minimum atomic E-state index is -0.402. The van der Waals surface area contributed by atoms with Crippen LogP contribution in [-0.4, -0.2) is 11.5 Å². The Morgan fingerprint density at radius 2 is 1.90 bits per heavy atom. The third kappa shape index (κ3) is 3.95. The first kappa shape index (κ1) is 15.3. The topological polar surface area (TPSA) is 52.4 Å². The van der Waals surface area contributed by atoms with E-state index in [4.69, 9.17) is 16.3 Å². The molecule has 4 nitrogen and oxygen atoms in total. The molecule has 0 saturated carbocycles. The van der Waals surface area contributed by atoms with Gasteiger partial charge in [-0.1, -0.05) is 30.3 Å². The molecule has 110 valence electrons. The number of nitro groups is 1. The number of hydrogen-bond acceptors (Lipinski definition) is 3. The normalized spacial score (nSPS) is 10.4. The fourth-order valence-corrected chi connectivity index (χ4v) is 2.29. The highest BCUT2D eigenvalue weighted by Gasteiger charge is 2.07. The lowest BCUT2D eigenvalue weighted by atomic mass is 10.1. The van der Waals surface area contributed by atoms with Crippen LogP contribution in [0.1, 0.15) is 16.7 Å². The smallest absolute Gasteiger partial charge is 0.269 e. The van der Waals surface area contributed by atoms with Gasteiger partial charge in [0, 0.05) is 24.1 Å². The number of ether oxygens (including phenoxy) is 1. The Kier molecular flexibility index (Phi) is 5.17. The second kappa shape index (κ2) is 7.09. The minimum absolute atomic E-state index is 0.1000. The molecular weight excluding hydrogens is 290 g/mol. The van der Waals surface area contributed by atoms with E-state index in [2.05, 4.69) is 0 Å². The molecule has 0 saturated heterocycles. The van der Waals surface area contributed by atoms with Gasteiger partial charge in [0.25, 0.3) is 5.69 Å². The number of halogens is 1. The van der Waals surface area contributed by atoms with Crippen LogP contribution in [0.3, 0.4) is 0 Å². The largest absolute Gasteiger partial charge is 0.493 e. The number of nitrogens with zero attached hydrogens (tertiary/aromatic N) is 1. The summed E-state index contributed by atoms with van der Waals surface area (Å²) in [5, 5.41) is 10.6. The molecule has 0 aliphatic rings. The van der Waals surface area contributed by atoms with E-state index >= 15 is 0 Å². The molecule has 0 fully saturated rings. The summed E-state index contributed by atoms with van der Waals surface area (Å²) in [6, 6.07) is 12.4. The van der Waals surface area contributed by atoms with Crippen LogP contribution >= 0.6 is 11.6 Å². The van der Waals surface area contributed by atoms with Crippen molar-refractivity contribution in [2.24, 2.45) is 0 Å². The van der Waals surface area contributed by atoms with Crippen molar-refractivity contribution in [1.29, 1.82) is 0 Å². The molecule has 0 aromatic heterocycles. The summed E-state index contributed by atoms with van der Waals surface area (Å²) >= 11 is 5.90. The van der Waals surface area contributed by atoms with Gasteiger partial charge in [-0.05, 0) is 18.1 Å². The van der Waals surface area contributed by atoms with Gasteiger partial charge in [0.2, 0.25) is 0 Å². The van der Waals surface area contributed by atoms with Crippen molar-refractivity contribution in [3.8, 4) is 5.75 Å². The molecule has 0 bridgehead atoms. The first-order valence-electron chi connectivity index (χ1n) is 6.62. The second-order valence-electron chi connectivity index (χ2n) is 4.72. The van der Waals surface area contributed by atoms with E-state index in [1.54, 1.807) is 12.1 Å². The van der Waals surface area contributed by atoms with E-state index < -0.39 is 4.92 Å². The summed E-state index contributed by atoms with van der Waals surface area (Å²) in [4.78, 5) is 10.2. The maximum atomic E-state index is 10.6. The summed E-state index contributed by atoms with van der Waals surface area (Å²) < 4.78 is 5.82. The summed E-state index contributed by atoms with van der Waals surface area (Å²) in [6.45, 7) is 2.49. The Bertz CT molecular complexity index is 626. The minimum Gasteiger partial charge on any atom is -0.493 e. The Labute approximate surface area is 128 Å². The number of alkyl halides is 1. The molecule has 21 heavy (non-hydrogen) atoms. The number of aryl methyl sites for hydroxylation is 1. The van der Waals surface area contributed by atoms with Gasteiger partial charge >= 0.3 is 0 Å². The Balaban J connectivity index is 1.97. The van der Waals surface area contributed by atoms with E-state index in [1.165, 1.54) is 12.1 Å². The molecule has 0 radical (unpaired) electrons. The molecule has 2 aromatic carbocycles. The van der Waals surface area contributed by atoms with Crippen molar-refractivity contribution in [2.75, 3.05) is 6.61 Å². The summed E-state index contributed by atoms with van der Waals surface area (Å²) in [6.07, 6.45) is 0.689. The van der Waals surface area contributed by atoms with Crippen LogP contribution in [-0.2, 0) is 12.3 Å². The highest BCUT2D eigenvalue weighted by atomic mass is 35.5. The average molecular weight is 306 g/mol. The van der Waals surface area contributed by atoms with E-state index in [0.717, 1.165) is 22.4 Å². The van der Waals surface area contributed by atoms with Crippen LogP contribution in [0.25, 0.3) is 0 Å². The second-order valence-corrected chi connectivity index (χ2v) is 4.99. The van der Waals surface area contributed by atoms with E-state index in [0.29, 0.717) is 18.9 Å². The highest BCUT2D eigenvalue weighted by molar-refractivity contribution is 6.17. The van der Waals surface area contributed by atoms with E-state index in [9.17, 15) is 10.1 Å². The third-order valence-corrected chi connectivity index (χ3v) is 3.51. The monoisotopic (exact) mass is 305 g/mol. The predicted octanol–water partition coefficient (Wildman–Crippen LogP) is 4.26. The van der Waals surface area contributed by atoms with Crippen LogP contribution in [0, 0.1) is 17.0 Å². The molecule has 0 aliphatic heterocycles. The zero-order chi connectivity index (χ0) is 15.2. The zero-order valence-electron chi connectivity index (χ0n) is 11.7. The Hall–Kier alpha value is -2.07. The first-order valence-corrected chi connectivity index (χ1v) is 7.16. The molecule has 0 unspecified atom stereocenters. The van der Waals surface area contributed by atoms with Gasteiger partial charge in [-0.15, -0.1) is 11.6 Å². The zero-order valence-corrected chi connectivity index (χ0v) is 12.5. The summed E-state index contributed by atoms with van der Waals surface area (Å²) in [5.41, 5.74) is 3.13. The van der Waals surface area contributed by atoms with Gasteiger partial charge in [0.05, 0.1) is 17.4 Å². The van der Waals surface area contributed by atoms with Crippen molar-refractivity contribution >= 4 is 17.3 Å². The number of para-hydroxylation sites is 1. The fraction of sp³-hybridized carbons (Fsp3) is 0.250. The predicted molar refractivity (Wildman–Crippen MR) is 83.0 cm³/mol. The third-order valence-electron chi connectivity index (χ3n) is 3.22. The van der Waals surface area contributed by atoms with Crippen LogP contribution in [0.15, 0.2) is 42.5 Å². The molecule has 5 heteroatoms. The first-order chi connectivity index (χ1) is 10.1. The fourth-order valence-electron chi connectivity index (χ4n) is 2.08. The van der Waals surface area contributed by atoms with Gasteiger partial charge in [0.15, 0.2) is 0 Å². The van der Waals surface area contributed by atoms with Gasteiger partial charge < -0.3 is 4.74 Å². The molecule has 2 rings (SSSR count). The molecular formula is C16H16ClNO3. The standard InChI is InChI=1S/C16H16ClNO3/c1-12-3-2-4-14(11-17)16(12)21-10-9-13-5-7-15(8-6-13)18(19)20/h2-8H,9-11H2,1H3. The molecule has 0 atom stereocenters. The molecule has 2 aromatic rings. The molecule has 0 spiro atoms. The lowest BCUT2D eigenvalue weighted by Gasteiger charge is -2.12.